The summed E-state index contributed by atoms with van der Waals surface area (Å²) >= 11 is 6.53. The lowest BCUT2D eigenvalue weighted by molar-refractivity contribution is 0.301. The Morgan fingerprint density at radius 3 is 2.52 bits per heavy atom. The Morgan fingerprint density at radius 2 is 2.00 bits per heavy atom. The summed E-state index contributed by atoms with van der Waals surface area (Å²) in [5, 5.41) is 4.33. The minimum absolute atomic E-state index is 0.487. The number of nitrogens with one attached hydrogen (secondary N) is 1. The molecule has 3 heteroatoms. The first-order valence-corrected chi connectivity index (χ1v) is 8.64. The van der Waals surface area contributed by atoms with Crippen molar-refractivity contribution in [3.8, 4) is 0 Å². The molecule has 0 bridgehead atoms. The van der Waals surface area contributed by atoms with Gasteiger partial charge in [-0.25, -0.2) is 0 Å². The van der Waals surface area contributed by atoms with Gasteiger partial charge in [-0.15, -0.1) is 0 Å². The van der Waals surface area contributed by atoms with Crippen LogP contribution in [0.25, 0.3) is 0 Å². The average molecular weight is 309 g/mol. The number of halogens is 1. The van der Waals surface area contributed by atoms with Gasteiger partial charge in [-0.2, -0.15) is 0 Å². The Bertz CT molecular complexity index is 466. The van der Waals surface area contributed by atoms with E-state index in [0.717, 1.165) is 24.7 Å². The van der Waals surface area contributed by atoms with Crippen molar-refractivity contribution >= 4 is 17.3 Å². The summed E-state index contributed by atoms with van der Waals surface area (Å²) in [4.78, 5) is 2.47. The molecule has 0 saturated carbocycles. The number of hydrogen-bond donors (Lipinski definition) is 1. The van der Waals surface area contributed by atoms with Crippen LogP contribution >= 0.6 is 11.6 Å². The lowest BCUT2D eigenvalue weighted by Gasteiger charge is -2.27. The van der Waals surface area contributed by atoms with E-state index in [1.807, 2.05) is 0 Å². The second-order valence-electron chi connectivity index (χ2n) is 6.70. The number of nitrogens with zero attached hydrogens (tertiary/aromatic N) is 1. The Labute approximate surface area is 134 Å². The van der Waals surface area contributed by atoms with E-state index in [-0.39, 0.29) is 0 Å². The molecule has 0 spiro atoms. The summed E-state index contributed by atoms with van der Waals surface area (Å²) in [6, 6.07) is 7.01. The third-order valence-electron chi connectivity index (χ3n) is 5.01. The predicted octanol–water partition coefficient (Wildman–Crippen LogP) is 4.85. The monoisotopic (exact) mass is 308 g/mol. The highest BCUT2D eigenvalue weighted by molar-refractivity contribution is 6.33. The van der Waals surface area contributed by atoms with Crippen LogP contribution in [0.3, 0.4) is 0 Å². The van der Waals surface area contributed by atoms with Gasteiger partial charge < -0.3 is 10.2 Å². The van der Waals surface area contributed by atoms with Gasteiger partial charge in [0.25, 0.3) is 0 Å². The summed E-state index contributed by atoms with van der Waals surface area (Å²) in [5.74, 6) is 0. The van der Waals surface area contributed by atoms with Crippen molar-refractivity contribution in [2.45, 2.75) is 59.5 Å². The van der Waals surface area contributed by atoms with E-state index in [2.05, 4.69) is 56.1 Å². The molecule has 1 aliphatic heterocycles. The molecular formula is C18H29ClN2. The predicted molar refractivity (Wildman–Crippen MR) is 93.3 cm³/mol. The molecule has 0 radical (unpaired) electrons. The molecule has 2 rings (SSSR count). The van der Waals surface area contributed by atoms with Crippen LogP contribution in [0.5, 0.6) is 0 Å². The van der Waals surface area contributed by atoms with Crippen LogP contribution in [0.4, 0.5) is 5.69 Å². The van der Waals surface area contributed by atoms with Crippen molar-refractivity contribution in [2.24, 2.45) is 5.41 Å². The van der Waals surface area contributed by atoms with Crippen molar-refractivity contribution in [3.63, 3.8) is 0 Å². The van der Waals surface area contributed by atoms with E-state index >= 15 is 0 Å². The molecule has 21 heavy (non-hydrogen) atoms. The summed E-state index contributed by atoms with van der Waals surface area (Å²) in [5.41, 5.74) is 2.95. The van der Waals surface area contributed by atoms with Gasteiger partial charge in [0.2, 0.25) is 0 Å². The van der Waals surface area contributed by atoms with Gasteiger partial charge in [0, 0.05) is 25.7 Å². The fourth-order valence-electron chi connectivity index (χ4n) is 3.21. The van der Waals surface area contributed by atoms with Gasteiger partial charge in [-0.3, -0.25) is 0 Å². The van der Waals surface area contributed by atoms with Gasteiger partial charge >= 0.3 is 0 Å². The van der Waals surface area contributed by atoms with Crippen LogP contribution < -0.4 is 10.2 Å². The highest BCUT2D eigenvalue weighted by Gasteiger charge is 2.35. The average Bonchev–Trinajstić information content (AvgIpc) is 2.90. The van der Waals surface area contributed by atoms with Crippen LogP contribution in [0, 0.1) is 5.41 Å². The standard InChI is InChI=1S/C18H29ClN2/c1-5-18(6-2)9-10-21(13-18)17-8-7-15(11-16(17)19)12-20-14(3)4/h7-8,11,14,20H,5-6,9-10,12-13H2,1-4H3. The zero-order valence-corrected chi connectivity index (χ0v) is 14.6. The third kappa shape index (κ3) is 3.92. The highest BCUT2D eigenvalue weighted by atomic mass is 35.5. The molecule has 0 amide bonds. The number of rotatable bonds is 6. The first-order chi connectivity index (χ1) is 9.99. The zero-order valence-electron chi connectivity index (χ0n) is 13.9. The van der Waals surface area contributed by atoms with Gasteiger partial charge in [0.15, 0.2) is 0 Å². The summed E-state index contributed by atoms with van der Waals surface area (Å²) in [6.07, 6.45) is 3.80. The molecule has 0 aromatic heterocycles. The minimum atomic E-state index is 0.487. The Morgan fingerprint density at radius 1 is 1.29 bits per heavy atom. The Hall–Kier alpha value is -0.730. The maximum absolute atomic E-state index is 6.53. The molecule has 1 N–H and O–H groups in total. The van der Waals surface area contributed by atoms with E-state index < -0.39 is 0 Å². The van der Waals surface area contributed by atoms with Crippen LogP contribution in [0.1, 0.15) is 52.5 Å². The Kier molecular flexibility index (Phi) is 5.56. The van der Waals surface area contributed by atoms with Crippen molar-refractivity contribution in [2.75, 3.05) is 18.0 Å². The first kappa shape index (κ1) is 16.6. The third-order valence-corrected chi connectivity index (χ3v) is 5.31. The van der Waals surface area contributed by atoms with Crippen molar-refractivity contribution < 1.29 is 0 Å². The fraction of sp³-hybridized carbons (Fsp3) is 0.667. The second kappa shape index (κ2) is 7.02. The lowest BCUT2D eigenvalue weighted by atomic mass is 9.82. The van der Waals surface area contributed by atoms with Gasteiger partial charge in [0.05, 0.1) is 10.7 Å². The first-order valence-electron chi connectivity index (χ1n) is 8.26. The SMILES string of the molecule is CCC1(CC)CCN(c2ccc(CNC(C)C)cc2Cl)C1. The Balaban J connectivity index is 2.08. The van der Waals surface area contributed by atoms with Crippen LogP contribution in [-0.2, 0) is 6.54 Å². The molecule has 0 aliphatic carbocycles. The molecule has 2 nitrogen and oxygen atoms in total. The zero-order chi connectivity index (χ0) is 15.5. The van der Waals surface area contributed by atoms with Crippen LogP contribution in [-0.4, -0.2) is 19.1 Å². The molecule has 1 fully saturated rings. The molecule has 1 aromatic rings. The number of hydrogen-bond acceptors (Lipinski definition) is 2. The highest BCUT2D eigenvalue weighted by Crippen LogP contribution is 2.40. The van der Waals surface area contributed by atoms with E-state index in [9.17, 15) is 0 Å². The summed E-state index contributed by atoms with van der Waals surface area (Å²) in [7, 11) is 0. The quantitative estimate of drug-likeness (QED) is 0.807. The largest absolute Gasteiger partial charge is 0.370 e. The summed E-state index contributed by atoms with van der Waals surface area (Å²) < 4.78 is 0. The van der Waals surface area contributed by atoms with E-state index in [1.54, 1.807) is 0 Å². The fourth-order valence-corrected chi connectivity index (χ4v) is 3.53. The number of benzene rings is 1. The lowest BCUT2D eigenvalue weighted by Crippen LogP contribution is -2.26. The van der Waals surface area contributed by atoms with Gasteiger partial charge in [0.1, 0.15) is 0 Å². The van der Waals surface area contributed by atoms with Crippen LogP contribution in [0.15, 0.2) is 18.2 Å². The summed E-state index contributed by atoms with van der Waals surface area (Å²) in [6.45, 7) is 12.1. The minimum Gasteiger partial charge on any atom is -0.370 e. The van der Waals surface area contributed by atoms with E-state index in [1.165, 1.54) is 30.5 Å². The maximum atomic E-state index is 6.53. The molecule has 0 unspecified atom stereocenters. The molecule has 1 heterocycles. The van der Waals surface area contributed by atoms with E-state index in [4.69, 9.17) is 11.6 Å². The van der Waals surface area contributed by atoms with Crippen molar-refractivity contribution in [3.05, 3.63) is 28.8 Å². The van der Waals surface area contributed by atoms with Gasteiger partial charge in [-0.05, 0) is 42.4 Å². The molecule has 118 valence electrons. The van der Waals surface area contributed by atoms with E-state index in [0.29, 0.717) is 11.5 Å². The van der Waals surface area contributed by atoms with Crippen molar-refractivity contribution in [1.29, 1.82) is 0 Å². The molecule has 1 aromatic carbocycles. The normalized spacial score (nSPS) is 17.7. The molecule has 1 aliphatic rings. The van der Waals surface area contributed by atoms with Gasteiger partial charge in [-0.1, -0.05) is 45.4 Å². The smallest absolute Gasteiger partial charge is 0.0642 e. The molecule has 1 saturated heterocycles. The molecular weight excluding hydrogens is 280 g/mol. The number of anilines is 1. The maximum Gasteiger partial charge on any atom is 0.0642 e. The second-order valence-corrected chi connectivity index (χ2v) is 7.11. The van der Waals surface area contributed by atoms with Crippen LogP contribution in [0.2, 0.25) is 5.02 Å². The topological polar surface area (TPSA) is 15.3 Å². The molecule has 0 atom stereocenters. The van der Waals surface area contributed by atoms with Crippen molar-refractivity contribution in [1.82, 2.24) is 5.32 Å².